The molecule has 0 saturated heterocycles. The van der Waals surface area contributed by atoms with Crippen LogP contribution in [-0.4, -0.2) is 15.9 Å². The van der Waals surface area contributed by atoms with Gasteiger partial charge in [0.15, 0.2) is 0 Å². The average Bonchev–Trinajstić information content (AvgIpc) is 3.11. The smallest absolute Gasteiger partial charge is 0.255 e. The lowest BCUT2D eigenvalue weighted by Crippen LogP contribution is -2.11. The van der Waals surface area contributed by atoms with Crippen molar-refractivity contribution in [1.29, 1.82) is 0 Å². The Bertz CT molecular complexity index is 1190. The van der Waals surface area contributed by atoms with Gasteiger partial charge < -0.3 is 10.3 Å². The Morgan fingerprint density at radius 1 is 1.00 bits per heavy atom. The summed E-state index contributed by atoms with van der Waals surface area (Å²) < 4.78 is 0. The number of hydrogen-bond acceptors (Lipinski definition) is 2. The van der Waals surface area contributed by atoms with E-state index in [1.807, 2.05) is 12.1 Å². The molecule has 29 heavy (non-hydrogen) atoms. The van der Waals surface area contributed by atoms with Crippen LogP contribution in [0.4, 0.5) is 5.69 Å². The summed E-state index contributed by atoms with van der Waals surface area (Å²) in [4.78, 5) is 20.6. The van der Waals surface area contributed by atoms with Gasteiger partial charge >= 0.3 is 0 Å². The Hall–Kier alpha value is -3.11. The Labute approximate surface area is 174 Å². The summed E-state index contributed by atoms with van der Waals surface area (Å²) in [6.07, 6.45) is 0. The number of nitrogens with zero attached hydrogens (tertiary/aromatic N) is 1. The minimum Gasteiger partial charge on any atom is -0.338 e. The molecule has 0 radical (unpaired) electrons. The minimum atomic E-state index is -0.195. The Balaban J connectivity index is 1.60. The van der Waals surface area contributed by atoms with Crippen LogP contribution in [0.25, 0.3) is 22.4 Å². The second-order valence-corrected chi connectivity index (χ2v) is 8.55. The van der Waals surface area contributed by atoms with Crippen molar-refractivity contribution in [1.82, 2.24) is 9.97 Å². The first-order chi connectivity index (χ1) is 13.8. The largest absolute Gasteiger partial charge is 0.338 e. The molecular formula is C24H22ClN3O. The van der Waals surface area contributed by atoms with Crippen LogP contribution < -0.4 is 5.32 Å². The Morgan fingerprint density at radius 3 is 2.45 bits per heavy atom. The molecule has 1 amide bonds. The number of carbonyl (C=O) groups excluding carboxylic acids is 1. The molecule has 3 aromatic carbocycles. The van der Waals surface area contributed by atoms with Gasteiger partial charge in [-0.2, -0.15) is 0 Å². The average molecular weight is 404 g/mol. The third-order valence-electron chi connectivity index (χ3n) is 4.85. The fraction of sp³-hybridized carbons (Fsp3) is 0.167. The quantitative estimate of drug-likeness (QED) is 0.414. The van der Waals surface area contributed by atoms with E-state index in [2.05, 4.69) is 60.3 Å². The maximum atomic E-state index is 12.6. The molecule has 0 atom stereocenters. The van der Waals surface area contributed by atoms with Gasteiger partial charge in [-0.3, -0.25) is 4.79 Å². The number of imidazole rings is 1. The number of halogens is 1. The van der Waals surface area contributed by atoms with Crippen molar-refractivity contribution < 1.29 is 4.79 Å². The maximum Gasteiger partial charge on any atom is 0.255 e. The summed E-state index contributed by atoms with van der Waals surface area (Å²) in [5, 5.41) is 3.44. The van der Waals surface area contributed by atoms with Gasteiger partial charge in [-0.05, 0) is 47.4 Å². The number of H-pyrrole nitrogens is 1. The summed E-state index contributed by atoms with van der Waals surface area (Å²) in [6, 6.07) is 20.9. The molecular weight excluding hydrogens is 382 g/mol. The van der Waals surface area contributed by atoms with Crippen LogP contribution in [0.2, 0.25) is 5.02 Å². The maximum absolute atomic E-state index is 12.6. The lowest BCUT2D eigenvalue weighted by molar-refractivity contribution is 0.102. The van der Waals surface area contributed by atoms with E-state index in [0.717, 1.165) is 22.4 Å². The molecule has 4 nitrogen and oxygen atoms in total. The van der Waals surface area contributed by atoms with Gasteiger partial charge in [0.1, 0.15) is 5.82 Å². The number of nitrogens with one attached hydrogen (secondary N) is 2. The third-order valence-corrected chi connectivity index (χ3v) is 5.09. The van der Waals surface area contributed by atoms with E-state index in [9.17, 15) is 4.79 Å². The first-order valence-corrected chi connectivity index (χ1v) is 9.85. The number of aromatic amines is 1. The molecule has 0 fully saturated rings. The van der Waals surface area contributed by atoms with Crippen LogP contribution in [0.5, 0.6) is 0 Å². The zero-order valence-electron chi connectivity index (χ0n) is 16.6. The van der Waals surface area contributed by atoms with E-state index in [-0.39, 0.29) is 11.3 Å². The van der Waals surface area contributed by atoms with Crippen LogP contribution in [-0.2, 0) is 5.41 Å². The summed E-state index contributed by atoms with van der Waals surface area (Å²) in [6.45, 7) is 6.58. The Kier molecular flexibility index (Phi) is 4.89. The molecule has 0 unspecified atom stereocenters. The van der Waals surface area contributed by atoms with Crippen LogP contribution in [0.1, 0.15) is 36.7 Å². The lowest BCUT2D eigenvalue weighted by atomic mass is 9.87. The van der Waals surface area contributed by atoms with Crippen molar-refractivity contribution in [2.45, 2.75) is 26.2 Å². The second kappa shape index (κ2) is 7.37. The molecule has 4 rings (SSSR count). The van der Waals surface area contributed by atoms with E-state index >= 15 is 0 Å². The topological polar surface area (TPSA) is 57.8 Å². The molecule has 1 aromatic heterocycles. The molecule has 1 heterocycles. The summed E-state index contributed by atoms with van der Waals surface area (Å²) >= 11 is 5.98. The standard InChI is InChI=1S/C24H22ClN3O/c1-24(2,3)17-10-7-15(8-11-17)22-27-20-12-9-16(13-21(20)28-22)23(29)26-19-6-4-5-18(25)14-19/h4-14H,1-3H3,(H,26,29)(H,27,28). The predicted molar refractivity (Wildman–Crippen MR) is 120 cm³/mol. The molecule has 0 spiro atoms. The molecule has 0 aliphatic heterocycles. The molecule has 0 bridgehead atoms. The van der Waals surface area contributed by atoms with Gasteiger partial charge in [-0.1, -0.05) is 62.7 Å². The van der Waals surface area contributed by atoms with Gasteiger partial charge in [-0.25, -0.2) is 4.98 Å². The Morgan fingerprint density at radius 2 is 1.76 bits per heavy atom. The number of aromatic nitrogens is 2. The summed E-state index contributed by atoms with van der Waals surface area (Å²) in [5.74, 6) is 0.590. The number of hydrogen-bond donors (Lipinski definition) is 2. The van der Waals surface area contributed by atoms with E-state index in [4.69, 9.17) is 11.6 Å². The van der Waals surface area contributed by atoms with Crippen LogP contribution in [0.15, 0.2) is 66.7 Å². The number of rotatable bonds is 3. The third kappa shape index (κ3) is 4.17. The van der Waals surface area contributed by atoms with Gasteiger partial charge in [-0.15, -0.1) is 0 Å². The van der Waals surface area contributed by atoms with Gasteiger partial charge in [0.2, 0.25) is 0 Å². The SMILES string of the molecule is CC(C)(C)c1ccc(-c2nc3ccc(C(=O)Nc4cccc(Cl)c4)cc3[nH]2)cc1. The van der Waals surface area contributed by atoms with Crippen LogP contribution in [0, 0.1) is 0 Å². The first kappa shape index (κ1) is 19.2. The molecule has 146 valence electrons. The van der Waals surface area contributed by atoms with Crippen molar-refractivity contribution in [2.75, 3.05) is 5.32 Å². The van der Waals surface area contributed by atoms with E-state index in [0.29, 0.717) is 16.3 Å². The highest BCUT2D eigenvalue weighted by molar-refractivity contribution is 6.31. The molecule has 4 aromatic rings. The minimum absolute atomic E-state index is 0.109. The molecule has 0 aliphatic carbocycles. The van der Waals surface area contributed by atoms with Gasteiger partial charge in [0.05, 0.1) is 11.0 Å². The molecule has 5 heteroatoms. The fourth-order valence-corrected chi connectivity index (χ4v) is 3.38. The van der Waals surface area contributed by atoms with Crippen LogP contribution >= 0.6 is 11.6 Å². The lowest BCUT2D eigenvalue weighted by Gasteiger charge is -2.18. The second-order valence-electron chi connectivity index (χ2n) is 8.11. The number of fused-ring (bicyclic) bond motifs is 1. The van der Waals surface area contributed by atoms with Crippen LogP contribution in [0.3, 0.4) is 0 Å². The predicted octanol–water partition coefficient (Wildman–Crippen LogP) is 6.43. The zero-order chi connectivity index (χ0) is 20.6. The molecule has 0 aliphatic rings. The molecule has 0 saturated carbocycles. The number of anilines is 1. The number of amides is 1. The van der Waals surface area contributed by atoms with Crippen molar-refractivity contribution >= 4 is 34.2 Å². The zero-order valence-corrected chi connectivity index (χ0v) is 17.3. The van der Waals surface area contributed by atoms with Gasteiger partial charge in [0.25, 0.3) is 5.91 Å². The van der Waals surface area contributed by atoms with Crippen molar-refractivity contribution in [2.24, 2.45) is 0 Å². The fourth-order valence-electron chi connectivity index (χ4n) is 3.19. The van der Waals surface area contributed by atoms with Crippen molar-refractivity contribution in [3.8, 4) is 11.4 Å². The summed E-state index contributed by atoms with van der Waals surface area (Å²) in [5.41, 5.74) is 5.24. The highest BCUT2D eigenvalue weighted by Crippen LogP contribution is 2.26. The first-order valence-electron chi connectivity index (χ1n) is 9.47. The molecule has 2 N–H and O–H groups in total. The highest BCUT2D eigenvalue weighted by atomic mass is 35.5. The number of carbonyl (C=O) groups is 1. The number of benzene rings is 3. The summed E-state index contributed by atoms with van der Waals surface area (Å²) in [7, 11) is 0. The van der Waals surface area contributed by atoms with E-state index in [1.165, 1.54) is 5.56 Å². The normalized spacial score (nSPS) is 11.6. The van der Waals surface area contributed by atoms with E-state index in [1.54, 1.807) is 30.3 Å². The highest BCUT2D eigenvalue weighted by Gasteiger charge is 2.14. The van der Waals surface area contributed by atoms with Crippen molar-refractivity contribution in [3.63, 3.8) is 0 Å². The monoisotopic (exact) mass is 403 g/mol. The van der Waals surface area contributed by atoms with Gasteiger partial charge in [0, 0.05) is 21.8 Å². The van der Waals surface area contributed by atoms with E-state index < -0.39 is 0 Å². The van der Waals surface area contributed by atoms with Crippen molar-refractivity contribution in [3.05, 3.63) is 82.9 Å².